The highest BCUT2D eigenvalue weighted by molar-refractivity contribution is 7.07. The van der Waals surface area contributed by atoms with Gasteiger partial charge in [0.1, 0.15) is 0 Å². The van der Waals surface area contributed by atoms with E-state index in [-0.39, 0.29) is 0 Å². The molecule has 2 rings (SSSR count). The van der Waals surface area contributed by atoms with E-state index in [1.165, 1.54) is 11.3 Å². The molecular weight excluding hydrogens is 240 g/mol. The van der Waals surface area contributed by atoms with Crippen LogP contribution >= 0.6 is 11.3 Å². The van der Waals surface area contributed by atoms with Gasteiger partial charge < -0.3 is 4.57 Å². The van der Waals surface area contributed by atoms with Crippen LogP contribution in [0.2, 0.25) is 0 Å². The number of aromatic nitrogens is 1. The van der Waals surface area contributed by atoms with Crippen LogP contribution in [0.5, 0.6) is 0 Å². The maximum Gasteiger partial charge on any atom is 0.185 e. The Bertz CT molecular complexity index is 537. The van der Waals surface area contributed by atoms with E-state index < -0.39 is 0 Å². The van der Waals surface area contributed by atoms with E-state index in [4.69, 9.17) is 0 Å². The number of hydrogen-bond donors (Lipinski definition) is 0. The van der Waals surface area contributed by atoms with Gasteiger partial charge in [0.05, 0.1) is 5.69 Å². The second kappa shape index (κ2) is 6.55. The van der Waals surface area contributed by atoms with Crippen molar-refractivity contribution in [3.05, 3.63) is 40.5 Å². The van der Waals surface area contributed by atoms with Gasteiger partial charge in [-0.2, -0.15) is 0 Å². The summed E-state index contributed by atoms with van der Waals surface area (Å²) in [5.41, 5.74) is 2.57. The molecule has 2 aromatic rings. The van der Waals surface area contributed by atoms with Crippen LogP contribution in [0.3, 0.4) is 0 Å². The highest BCUT2D eigenvalue weighted by Gasteiger charge is 2.06. The van der Waals surface area contributed by atoms with Crippen molar-refractivity contribution in [3.63, 3.8) is 0 Å². The van der Waals surface area contributed by atoms with Gasteiger partial charge in [-0.15, -0.1) is 11.3 Å². The van der Waals surface area contributed by atoms with Gasteiger partial charge in [0, 0.05) is 18.5 Å². The molecule has 2 nitrogen and oxygen atoms in total. The molecule has 3 heteroatoms. The summed E-state index contributed by atoms with van der Waals surface area (Å²) in [5, 5.41) is 2.22. The highest BCUT2D eigenvalue weighted by Crippen LogP contribution is 2.19. The van der Waals surface area contributed by atoms with Crippen molar-refractivity contribution in [1.29, 1.82) is 0 Å². The molecule has 0 spiro atoms. The Morgan fingerprint density at radius 1 is 1.11 bits per heavy atom. The van der Waals surface area contributed by atoms with Crippen LogP contribution in [0.1, 0.15) is 26.7 Å². The number of thiazole rings is 1. The zero-order valence-electron chi connectivity index (χ0n) is 11.1. The Morgan fingerprint density at radius 3 is 2.56 bits per heavy atom. The van der Waals surface area contributed by atoms with Crippen LogP contribution in [0.4, 0.5) is 0 Å². The predicted octanol–water partition coefficient (Wildman–Crippen LogP) is 3.94. The molecule has 0 saturated carbocycles. The largest absolute Gasteiger partial charge is 0.317 e. The van der Waals surface area contributed by atoms with Crippen molar-refractivity contribution >= 4 is 11.3 Å². The van der Waals surface area contributed by atoms with E-state index in [2.05, 4.69) is 59.1 Å². The third-order valence-corrected chi connectivity index (χ3v) is 3.69. The van der Waals surface area contributed by atoms with Gasteiger partial charge in [-0.25, -0.2) is 0 Å². The zero-order valence-corrected chi connectivity index (χ0v) is 11.9. The summed E-state index contributed by atoms with van der Waals surface area (Å²) in [4.78, 5) is 5.82. The van der Waals surface area contributed by atoms with Gasteiger partial charge in [-0.1, -0.05) is 44.2 Å². The zero-order chi connectivity index (χ0) is 12.8. The van der Waals surface area contributed by atoms with Crippen molar-refractivity contribution in [1.82, 2.24) is 4.57 Å². The lowest BCUT2D eigenvalue weighted by Gasteiger charge is -2.07. The van der Waals surface area contributed by atoms with Crippen molar-refractivity contribution in [2.75, 3.05) is 6.54 Å². The van der Waals surface area contributed by atoms with Crippen molar-refractivity contribution in [2.24, 2.45) is 4.99 Å². The summed E-state index contributed by atoms with van der Waals surface area (Å²) >= 11 is 1.75. The number of benzene rings is 1. The minimum absolute atomic E-state index is 0.915. The van der Waals surface area contributed by atoms with Gasteiger partial charge in [-0.3, -0.25) is 4.99 Å². The van der Waals surface area contributed by atoms with Gasteiger partial charge in [-0.05, 0) is 18.4 Å². The molecule has 0 aliphatic heterocycles. The average Bonchev–Trinajstić information content (AvgIpc) is 2.81. The Hall–Kier alpha value is -1.35. The second-order valence-corrected chi connectivity index (χ2v) is 5.14. The summed E-state index contributed by atoms with van der Waals surface area (Å²) in [6.45, 7) is 6.33. The molecule has 0 bridgehead atoms. The minimum Gasteiger partial charge on any atom is -0.317 e. The van der Waals surface area contributed by atoms with Crippen LogP contribution in [0, 0.1) is 0 Å². The Balaban J connectivity index is 2.45. The lowest BCUT2D eigenvalue weighted by molar-refractivity contribution is 0.659. The quantitative estimate of drug-likeness (QED) is 0.775. The summed E-state index contributed by atoms with van der Waals surface area (Å²) in [5.74, 6) is 0. The van der Waals surface area contributed by atoms with Crippen LogP contribution in [0.15, 0.2) is 40.7 Å². The van der Waals surface area contributed by atoms with E-state index in [1.807, 2.05) is 0 Å². The van der Waals surface area contributed by atoms with Crippen LogP contribution < -0.4 is 4.80 Å². The topological polar surface area (TPSA) is 17.3 Å². The molecule has 0 saturated heterocycles. The fraction of sp³-hybridized carbons (Fsp3) is 0.400. The summed E-state index contributed by atoms with van der Waals surface area (Å²) < 4.78 is 2.34. The van der Waals surface area contributed by atoms with Crippen molar-refractivity contribution in [2.45, 2.75) is 33.2 Å². The molecule has 0 aliphatic rings. The first kappa shape index (κ1) is 13.1. The van der Waals surface area contributed by atoms with Crippen molar-refractivity contribution in [3.8, 4) is 11.3 Å². The number of nitrogens with zero attached hydrogens (tertiary/aromatic N) is 2. The van der Waals surface area contributed by atoms with E-state index in [9.17, 15) is 0 Å². The Morgan fingerprint density at radius 2 is 1.89 bits per heavy atom. The van der Waals surface area contributed by atoms with E-state index in [0.29, 0.717) is 0 Å². The molecule has 0 atom stereocenters. The van der Waals surface area contributed by atoms with Crippen LogP contribution in [-0.4, -0.2) is 11.1 Å². The highest BCUT2D eigenvalue weighted by atomic mass is 32.1. The van der Waals surface area contributed by atoms with Crippen LogP contribution in [-0.2, 0) is 6.54 Å². The Labute approximate surface area is 113 Å². The first-order valence-electron chi connectivity index (χ1n) is 6.61. The molecular formula is C15H20N2S. The normalized spacial score (nSPS) is 12.0. The van der Waals surface area contributed by atoms with Gasteiger partial charge >= 0.3 is 0 Å². The molecule has 1 aromatic heterocycles. The van der Waals surface area contributed by atoms with Gasteiger partial charge in [0.15, 0.2) is 4.80 Å². The molecule has 18 heavy (non-hydrogen) atoms. The first-order chi connectivity index (χ1) is 8.86. The predicted molar refractivity (Wildman–Crippen MR) is 78.8 cm³/mol. The SMILES string of the molecule is CCCN=c1scc(-c2ccccc2)n1CCC. The molecule has 0 aliphatic carbocycles. The number of rotatable bonds is 5. The monoisotopic (exact) mass is 260 g/mol. The number of hydrogen-bond acceptors (Lipinski definition) is 2. The first-order valence-corrected chi connectivity index (χ1v) is 7.49. The molecule has 0 N–H and O–H groups in total. The molecule has 0 amide bonds. The third kappa shape index (κ3) is 2.91. The lowest BCUT2D eigenvalue weighted by Crippen LogP contribution is -2.16. The fourth-order valence-electron chi connectivity index (χ4n) is 1.94. The molecule has 1 heterocycles. The van der Waals surface area contributed by atoms with Crippen molar-refractivity contribution < 1.29 is 0 Å². The summed E-state index contributed by atoms with van der Waals surface area (Å²) in [6, 6.07) is 10.6. The molecule has 1 aromatic carbocycles. The van der Waals surface area contributed by atoms with Gasteiger partial charge in [0.2, 0.25) is 0 Å². The summed E-state index contributed by atoms with van der Waals surface area (Å²) in [6.07, 6.45) is 2.24. The smallest absolute Gasteiger partial charge is 0.185 e. The summed E-state index contributed by atoms with van der Waals surface area (Å²) in [7, 11) is 0. The fourth-order valence-corrected chi connectivity index (χ4v) is 2.90. The standard InChI is InChI=1S/C15H20N2S/c1-3-10-16-15-17(11-4-2)14(12-18-15)13-8-6-5-7-9-13/h5-9,12H,3-4,10-11H2,1-2H3. The lowest BCUT2D eigenvalue weighted by atomic mass is 10.2. The molecule has 0 unspecified atom stereocenters. The average molecular weight is 260 g/mol. The molecule has 0 radical (unpaired) electrons. The van der Waals surface area contributed by atoms with Gasteiger partial charge in [0.25, 0.3) is 0 Å². The van der Waals surface area contributed by atoms with E-state index in [1.54, 1.807) is 11.3 Å². The maximum absolute atomic E-state index is 4.67. The molecule has 0 fully saturated rings. The Kier molecular flexibility index (Phi) is 4.76. The minimum atomic E-state index is 0.915. The van der Waals surface area contributed by atoms with Crippen LogP contribution in [0.25, 0.3) is 11.3 Å². The second-order valence-electron chi connectivity index (χ2n) is 4.30. The molecule has 96 valence electrons. The maximum atomic E-state index is 4.67. The van der Waals surface area contributed by atoms with E-state index in [0.717, 1.165) is 30.7 Å². The van der Waals surface area contributed by atoms with E-state index >= 15 is 0 Å². The third-order valence-electron chi connectivity index (χ3n) is 2.79.